The largest absolute Gasteiger partial charge is 0.399 e. The maximum absolute atomic E-state index is 5.85. The average Bonchev–Trinajstić information content (AvgIpc) is 2.41. The van der Waals surface area contributed by atoms with Crippen LogP contribution in [0.25, 0.3) is 0 Å². The molecule has 0 unspecified atom stereocenters. The zero-order valence-electron chi connectivity index (χ0n) is 11.9. The van der Waals surface area contributed by atoms with E-state index in [0.29, 0.717) is 0 Å². The molecule has 20 heavy (non-hydrogen) atoms. The highest BCUT2D eigenvalue weighted by molar-refractivity contribution is 9.10. The zero-order valence-corrected chi connectivity index (χ0v) is 13.5. The van der Waals surface area contributed by atoms with Crippen LogP contribution < -0.4 is 10.6 Å². The highest BCUT2D eigenvalue weighted by Crippen LogP contribution is 2.21. The number of benzene rings is 1. The minimum Gasteiger partial charge on any atom is -0.399 e. The van der Waals surface area contributed by atoms with Crippen molar-refractivity contribution < 1.29 is 0 Å². The normalized spacial score (nSPS) is 10.6. The van der Waals surface area contributed by atoms with Crippen LogP contribution >= 0.6 is 15.9 Å². The molecule has 0 fully saturated rings. The van der Waals surface area contributed by atoms with Crippen LogP contribution in [-0.2, 0) is 6.54 Å². The summed E-state index contributed by atoms with van der Waals surface area (Å²) in [5, 5.41) is 0. The van der Waals surface area contributed by atoms with Crippen LogP contribution in [0.4, 0.5) is 11.5 Å². The summed E-state index contributed by atoms with van der Waals surface area (Å²) in [5.41, 5.74) is 8.87. The standard InChI is InChI=1S/C16H20BrN3/c1-3-9-20(11-13-5-4-6-14(18)10-13)16-8-7-15(17)12(2)19-16/h4-8,10H,3,9,11,18H2,1-2H3. The van der Waals surface area contributed by atoms with E-state index in [2.05, 4.69) is 50.9 Å². The molecule has 0 amide bonds. The quantitative estimate of drug-likeness (QED) is 0.835. The number of pyridine rings is 1. The number of nitrogens with two attached hydrogens (primary N) is 1. The highest BCUT2D eigenvalue weighted by Gasteiger charge is 2.09. The molecule has 0 saturated heterocycles. The molecule has 0 aliphatic heterocycles. The van der Waals surface area contributed by atoms with Gasteiger partial charge in [-0.15, -0.1) is 0 Å². The number of aromatic nitrogens is 1. The summed E-state index contributed by atoms with van der Waals surface area (Å²) in [6.07, 6.45) is 1.08. The van der Waals surface area contributed by atoms with Gasteiger partial charge in [-0.1, -0.05) is 19.1 Å². The Bertz CT molecular complexity index is 584. The maximum atomic E-state index is 5.85. The van der Waals surface area contributed by atoms with E-state index in [4.69, 9.17) is 5.73 Å². The Morgan fingerprint density at radius 3 is 2.70 bits per heavy atom. The van der Waals surface area contributed by atoms with Crippen molar-refractivity contribution in [1.82, 2.24) is 4.98 Å². The number of anilines is 2. The number of aryl methyl sites for hydroxylation is 1. The fraction of sp³-hybridized carbons (Fsp3) is 0.312. The Morgan fingerprint density at radius 1 is 1.25 bits per heavy atom. The van der Waals surface area contributed by atoms with E-state index in [1.54, 1.807) is 0 Å². The fourth-order valence-electron chi connectivity index (χ4n) is 2.16. The van der Waals surface area contributed by atoms with Gasteiger partial charge in [0.2, 0.25) is 0 Å². The summed E-state index contributed by atoms with van der Waals surface area (Å²) in [6.45, 7) is 5.99. The third-order valence-corrected chi connectivity index (χ3v) is 3.99. The van der Waals surface area contributed by atoms with Crippen molar-refractivity contribution in [3.63, 3.8) is 0 Å². The molecule has 0 saturated carbocycles. The molecule has 3 nitrogen and oxygen atoms in total. The molecule has 0 bridgehead atoms. The van der Waals surface area contributed by atoms with Crippen LogP contribution in [-0.4, -0.2) is 11.5 Å². The summed E-state index contributed by atoms with van der Waals surface area (Å²) in [6, 6.07) is 12.1. The first-order valence-corrected chi connectivity index (χ1v) is 7.62. The molecule has 2 aromatic rings. The predicted octanol–water partition coefficient (Wildman–Crippen LogP) is 4.15. The lowest BCUT2D eigenvalue weighted by molar-refractivity contribution is 0.753. The molecule has 0 atom stereocenters. The highest BCUT2D eigenvalue weighted by atomic mass is 79.9. The number of hydrogen-bond acceptors (Lipinski definition) is 3. The van der Waals surface area contributed by atoms with Gasteiger partial charge in [0.15, 0.2) is 0 Å². The van der Waals surface area contributed by atoms with Crippen molar-refractivity contribution in [1.29, 1.82) is 0 Å². The van der Waals surface area contributed by atoms with Gasteiger partial charge < -0.3 is 10.6 Å². The molecule has 4 heteroatoms. The molecule has 0 radical (unpaired) electrons. The van der Waals surface area contributed by atoms with Gasteiger partial charge in [0, 0.05) is 23.2 Å². The van der Waals surface area contributed by atoms with Crippen molar-refractivity contribution in [3.05, 3.63) is 52.1 Å². The lowest BCUT2D eigenvalue weighted by Gasteiger charge is -2.24. The SMILES string of the molecule is CCCN(Cc1cccc(N)c1)c1ccc(Br)c(C)n1. The van der Waals surface area contributed by atoms with E-state index >= 15 is 0 Å². The van der Waals surface area contributed by atoms with Crippen LogP contribution in [0.1, 0.15) is 24.6 Å². The van der Waals surface area contributed by atoms with E-state index in [1.807, 2.05) is 25.1 Å². The van der Waals surface area contributed by atoms with E-state index in [0.717, 1.165) is 41.2 Å². The second-order valence-electron chi connectivity index (χ2n) is 4.90. The van der Waals surface area contributed by atoms with Crippen molar-refractivity contribution in [2.75, 3.05) is 17.2 Å². The van der Waals surface area contributed by atoms with Gasteiger partial charge in [0.05, 0.1) is 5.69 Å². The van der Waals surface area contributed by atoms with E-state index in [-0.39, 0.29) is 0 Å². The molecule has 2 N–H and O–H groups in total. The van der Waals surface area contributed by atoms with Crippen molar-refractivity contribution in [2.45, 2.75) is 26.8 Å². The van der Waals surface area contributed by atoms with Gasteiger partial charge in [-0.25, -0.2) is 4.98 Å². The summed E-state index contributed by atoms with van der Waals surface area (Å²) in [4.78, 5) is 6.94. The molecule has 1 heterocycles. The van der Waals surface area contributed by atoms with Gasteiger partial charge in [-0.3, -0.25) is 0 Å². The fourth-order valence-corrected chi connectivity index (χ4v) is 2.38. The molecule has 0 spiro atoms. The van der Waals surface area contributed by atoms with E-state index < -0.39 is 0 Å². The first-order valence-electron chi connectivity index (χ1n) is 6.82. The van der Waals surface area contributed by atoms with Crippen LogP contribution in [0.5, 0.6) is 0 Å². The average molecular weight is 334 g/mol. The Labute approximate surface area is 129 Å². The van der Waals surface area contributed by atoms with Gasteiger partial charge >= 0.3 is 0 Å². The van der Waals surface area contributed by atoms with Gasteiger partial charge in [0.25, 0.3) is 0 Å². The monoisotopic (exact) mass is 333 g/mol. The van der Waals surface area contributed by atoms with Crippen molar-refractivity contribution in [3.8, 4) is 0 Å². The molecular weight excluding hydrogens is 314 g/mol. The molecule has 1 aromatic heterocycles. The molecule has 0 aliphatic carbocycles. The lowest BCUT2D eigenvalue weighted by atomic mass is 10.2. The predicted molar refractivity (Wildman–Crippen MR) is 88.9 cm³/mol. The third kappa shape index (κ3) is 3.73. The third-order valence-electron chi connectivity index (χ3n) is 3.15. The van der Waals surface area contributed by atoms with Crippen LogP contribution in [0.2, 0.25) is 0 Å². The zero-order chi connectivity index (χ0) is 14.5. The Kier molecular flexibility index (Phi) is 5.01. The van der Waals surface area contributed by atoms with Gasteiger partial charge in [0.1, 0.15) is 5.82 Å². The molecule has 106 valence electrons. The number of rotatable bonds is 5. The maximum Gasteiger partial charge on any atom is 0.129 e. The second-order valence-corrected chi connectivity index (χ2v) is 5.76. The van der Waals surface area contributed by atoms with E-state index in [9.17, 15) is 0 Å². The number of nitrogen functional groups attached to an aromatic ring is 1. The van der Waals surface area contributed by atoms with Crippen molar-refractivity contribution >= 4 is 27.4 Å². The Hall–Kier alpha value is -1.55. The van der Waals surface area contributed by atoms with Crippen LogP contribution in [0, 0.1) is 6.92 Å². The van der Waals surface area contributed by atoms with Gasteiger partial charge in [-0.2, -0.15) is 0 Å². The topological polar surface area (TPSA) is 42.1 Å². The summed E-state index contributed by atoms with van der Waals surface area (Å²) < 4.78 is 1.04. The molecule has 0 aliphatic rings. The minimum atomic E-state index is 0.805. The summed E-state index contributed by atoms with van der Waals surface area (Å²) in [5.74, 6) is 1.01. The van der Waals surface area contributed by atoms with Gasteiger partial charge in [-0.05, 0) is 59.1 Å². The molecule has 1 aromatic carbocycles. The summed E-state index contributed by atoms with van der Waals surface area (Å²) in [7, 11) is 0. The van der Waals surface area contributed by atoms with E-state index in [1.165, 1.54) is 5.56 Å². The first-order chi connectivity index (χ1) is 9.60. The molecular formula is C16H20BrN3. The number of hydrogen-bond donors (Lipinski definition) is 1. The second kappa shape index (κ2) is 6.75. The lowest BCUT2D eigenvalue weighted by Crippen LogP contribution is -2.24. The smallest absolute Gasteiger partial charge is 0.129 e. The Balaban J connectivity index is 2.24. The van der Waals surface area contributed by atoms with Crippen LogP contribution in [0.3, 0.4) is 0 Å². The van der Waals surface area contributed by atoms with Crippen molar-refractivity contribution in [2.24, 2.45) is 0 Å². The number of nitrogens with zero attached hydrogens (tertiary/aromatic N) is 2. The number of halogens is 1. The Morgan fingerprint density at radius 2 is 2.05 bits per heavy atom. The minimum absolute atomic E-state index is 0.805. The van der Waals surface area contributed by atoms with Crippen LogP contribution in [0.15, 0.2) is 40.9 Å². The summed E-state index contributed by atoms with van der Waals surface area (Å²) >= 11 is 3.50. The molecule has 2 rings (SSSR count). The first kappa shape index (κ1) is 14.9.